The van der Waals surface area contributed by atoms with Gasteiger partial charge in [0.15, 0.2) is 0 Å². The molecule has 3 aromatic heterocycles. The van der Waals surface area contributed by atoms with E-state index in [9.17, 15) is 9.59 Å². The topological polar surface area (TPSA) is 89.8 Å². The molecule has 0 saturated heterocycles. The zero-order chi connectivity index (χ0) is 20.2. The Morgan fingerprint density at radius 3 is 2.93 bits per heavy atom. The summed E-state index contributed by atoms with van der Waals surface area (Å²) in [5.74, 6) is -0.166. The van der Waals surface area contributed by atoms with Crippen LogP contribution >= 0.6 is 22.7 Å². The Morgan fingerprint density at radius 1 is 1.21 bits per heavy atom. The smallest absolute Gasteiger partial charge is 0.262 e. The van der Waals surface area contributed by atoms with Crippen molar-refractivity contribution in [3.8, 4) is 0 Å². The van der Waals surface area contributed by atoms with Crippen LogP contribution in [0.3, 0.4) is 0 Å². The highest BCUT2D eigenvalue weighted by Gasteiger charge is 2.20. The Bertz CT molecular complexity index is 1070. The van der Waals surface area contributed by atoms with Gasteiger partial charge in [0.05, 0.1) is 11.7 Å². The van der Waals surface area contributed by atoms with Gasteiger partial charge in [-0.3, -0.25) is 14.2 Å². The Morgan fingerprint density at radius 2 is 2.07 bits per heavy atom. The molecule has 1 aliphatic carbocycles. The van der Waals surface area contributed by atoms with Crippen molar-refractivity contribution in [2.75, 3.05) is 5.32 Å². The van der Waals surface area contributed by atoms with Crippen molar-refractivity contribution >= 4 is 43.9 Å². The number of amides is 1. The van der Waals surface area contributed by atoms with Crippen molar-refractivity contribution < 1.29 is 4.79 Å². The van der Waals surface area contributed by atoms with Crippen LogP contribution in [0.15, 0.2) is 11.1 Å². The van der Waals surface area contributed by atoms with Crippen LogP contribution in [-0.4, -0.2) is 25.7 Å². The molecule has 29 heavy (non-hydrogen) atoms. The van der Waals surface area contributed by atoms with Crippen molar-refractivity contribution in [3.63, 3.8) is 0 Å². The molecule has 0 radical (unpaired) electrons. The van der Waals surface area contributed by atoms with Crippen LogP contribution < -0.4 is 10.9 Å². The lowest BCUT2D eigenvalue weighted by Crippen LogP contribution is -2.24. The van der Waals surface area contributed by atoms with E-state index in [-0.39, 0.29) is 17.9 Å². The van der Waals surface area contributed by atoms with E-state index in [2.05, 4.69) is 27.4 Å². The van der Waals surface area contributed by atoms with Gasteiger partial charge in [-0.15, -0.1) is 21.5 Å². The standard InChI is InChI=1S/C20H25N5O2S2/c1-2-3-4-9-16-23-24-20(29-16)22-15(26)10-11-25-12-21-18-17(19(25)27)13-7-5-6-8-14(13)28-18/h12H,2-11H2,1H3,(H,22,24,26). The number of nitrogens with zero attached hydrogens (tertiary/aromatic N) is 4. The molecule has 9 heteroatoms. The minimum absolute atomic E-state index is 0.0312. The van der Waals surface area contributed by atoms with E-state index in [1.807, 2.05) is 0 Å². The van der Waals surface area contributed by atoms with Gasteiger partial charge in [-0.1, -0.05) is 31.1 Å². The van der Waals surface area contributed by atoms with Gasteiger partial charge in [0.2, 0.25) is 11.0 Å². The van der Waals surface area contributed by atoms with Crippen LogP contribution in [0, 0.1) is 0 Å². The summed E-state index contributed by atoms with van der Waals surface area (Å²) in [7, 11) is 0. The van der Waals surface area contributed by atoms with E-state index in [1.54, 1.807) is 22.2 Å². The second-order valence-corrected chi connectivity index (χ2v) is 9.54. The van der Waals surface area contributed by atoms with Gasteiger partial charge in [0.1, 0.15) is 9.84 Å². The number of fused-ring (bicyclic) bond motifs is 3. The Balaban J connectivity index is 1.39. The highest BCUT2D eigenvalue weighted by Crippen LogP contribution is 2.33. The Labute approximate surface area is 177 Å². The molecule has 0 aliphatic heterocycles. The summed E-state index contributed by atoms with van der Waals surface area (Å²) in [4.78, 5) is 31.9. The van der Waals surface area contributed by atoms with Crippen LogP contribution in [0.2, 0.25) is 0 Å². The molecule has 0 aromatic carbocycles. The molecule has 0 bridgehead atoms. The number of thiophene rings is 1. The lowest BCUT2D eigenvalue weighted by atomic mass is 9.97. The predicted octanol–water partition coefficient (Wildman–Crippen LogP) is 3.95. The maximum Gasteiger partial charge on any atom is 0.262 e. The third kappa shape index (κ3) is 4.56. The monoisotopic (exact) mass is 431 g/mol. The molecule has 0 unspecified atom stereocenters. The summed E-state index contributed by atoms with van der Waals surface area (Å²) in [5.41, 5.74) is 1.15. The predicted molar refractivity (Wildman–Crippen MR) is 117 cm³/mol. The molecule has 0 fully saturated rings. The molecule has 1 aliphatic rings. The van der Waals surface area contributed by atoms with E-state index >= 15 is 0 Å². The van der Waals surface area contributed by atoms with Gasteiger partial charge in [-0.2, -0.15) is 0 Å². The molecule has 154 valence electrons. The number of aromatic nitrogens is 4. The van der Waals surface area contributed by atoms with Crippen LogP contribution in [0.4, 0.5) is 5.13 Å². The second-order valence-electron chi connectivity index (χ2n) is 7.39. The molecular formula is C20H25N5O2S2. The number of hydrogen-bond donors (Lipinski definition) is 1. The third-order valence-electron chi connectivity index (χ3n) is 5.23. The SMILES string of the molecule is CCCCCc1nnc(NC(=O)CCn2cnc3sc4c(c3c2=O)CCCC4)s1. The number of nitrogens with one attached hydrogen (secondary N) is 1. The Hall–Kier alpha value is -2.13. The van der Waals surface area contributed by atoms with Gasteiger partial charge < -0.3 is 5.32 Å². The van der Waals surface area contributed by atoms with E-state index < -0.39 is 0 Å². The summed E-state index contributed by atoms with van der Waals surface area (Å²) in [6.07, 6.45) is 10.4. The van der Waals surface area contributed by atoms with Crippen LogP contribution in [-0.2, 0) is 30.6 Å². The fourth-order valence-corrected chi connectivity index (χ4v) is 5.69. The summed E-state index contributed by atoms with van der Waals surface area (Å²) in [5, 5.41) is 13.2. The van der Waals surface area contributed by atoms with Gasteiger partial charge >= 0.3 is 0 Å². The number of hydrogen-bond acceptors (Lipinski definition) is 7. The quantitative estimate of drug-likeness (QED) is 0.546. The normalized spacial score (nSPS) is 13.6. The molecule has 0 atom stereocenters. The summed E-state index contributed by atoms with van der Waals surface area (Å²) in [6.45, 7) is 2.47. The summed E-state index contributed by atoms with van der Waals surface area (Å²) >= 11 is 3.06. The average molecular weight is 432 g/mol. The Kier molecular flexibility index (Phi) is 6.34. The summed E-state index contributed by atoms with van der Waals surface area (Å²) < 4.78 is 1.56. The van der Waals surface area contributed by atoms with E-state index in [4.69, 9.17) is 0 Å². The first kappa shape index (κ1) is 20.2. The maximum absolute atomic E-state index is 12.9. The molecular weight excluding hydrogens is 406 g/mol. The number of aryl methyl sites for hydroxylation is 4. The number of unbranched alkanes of at least 4 members (excludes halogenated alkanes) is 2. The molecule has 1 amide bonds. The van der Waals surface area contributed by atoms with Crippen molar-refractivity contribution in [2.45, 2.75) is 71.3 Å². The zero-order valence-corrected chi connectivity index (χ0v) is 18.2. The molecule has 4 rings (SSSR count). The minimum Gasteiger partial charge on any atom is -0.300 e. The van der Waals surface area contributed by atoms with Gasteiger partial charge in [-0.25, -0.2) is 4.98 Å². The van der Waals surface area contributed by atoms with Gasteiger partial charge in [0.25, 0.3) is 5.56 Å². The van der Waals surface area contributed by atoms with Crippen LogP contribution in [0.5, 0.6) is 0 Å². The van der Waals surface area contributed by atoms with E-state index in [0.29, 0.717) is 11.7 Å². The number of carbonyl (C=O) groups excluding carboxylic acids is 1. The largest absolute Gasteiger partial charge is 0.300 e. The number of anilines is 1. The third-order valence-corrected chi connectivity index (χ3v) is 7.33. The van der Waals surface area contributed by atoms with Crippen LogP contribution in [0.25, 0.3) is 10.2 Å². The lowest BCUT2D eigenvalue weighted by molar-refractivity contribution is -0.116. The molecule has 3 heterocycles. The van der Waals surface area contributed by atoms with Crippen molar-refractivity contribution in [2.24, 2.45) is 0 Å². The van der Waals surface area contributed by atoms with Crippen molar-refractivity contribution in [3.05, 3.63) is 32.1 Å². The number of rotatable bonds is 8. The number of carbonyl (C=O) groups is 1. The van der Waals surface area contributed by atoms with Crippen molar-refractivity contribution in [1.29, 1.82) is 0 Å². The van der Waals surface area contributed by atoms with Crippen LogP contribution in [0.1, 0.15) is 60.9 Å². The first-order chi connectivity index (χ1) is 14.2. The summed E-state index contributed by atoms with van der Waals surface area (Å²) in [6, 6.07) is 0. The minimum atomic E-state index is -0.166. The van der Waals surface area contributed by atoms with E-state index in [1.165, 1.54) is 34.6 Å². The lowest BCUT2D eigenvalue weighted by Gasteiger charge is -2.10. The van der Waals surface area contributed by atoms with Crippen molar-refractivity contribution in [1.82, 2.24) is 19.7 Å². The van der Waals surface area contributed by atoms with Gasteiger partial charge in [-0.05, 0) is 37.7 Å². The highest BCUT2D eigenvalue weighted by atomic mass is 32.1. The molecule has 1 N–H and O–H groups in total. The zero-order valence-electron chi connectivity index (χ0n) is 16.6. The molecule has 7 nitrogen and oxygen atoms in total. The fraction of sp³-hybridized carbons (Fsp3) is 0.550. The second kappa shape index (κ2) is 9.13. The first-order valence-corrected chi connectivity index (χ1v) is 11.9. The molecule has 0 saturated carbocycles. The average Bonchev–Trinajstić information content (AvgIpc) is 3.32. The van der Waals surface area contributed by atoms with Gasteiger partial charge in [0, 0.05) is 24.3 Å². The van der Waals surface area contributed by atoms with E-state index in [0.717, 1.165) is 53.7 Å². The molecule has 3 aromatic rings. The fourth-order valence-electron chi connectivity index (χ4n) is 3.68. The molecule has 0 spiro atoms. The highest BCUT2D eigenvalue weighted by molar-refractivity contribution is 7.18. The maximum atomic E-state index is 12.9. The first-order valence-electron chi connectivity index (χ1n) is 10.3.